The van der Waals surface area contributed by atoms with E-state index in [-0.39, 0.29) is 24.3 Å². The summed E-state index contributed by atoms with van der Waals surface area (Å²) in [5.74, 6) is 0. The first-order valence-electron chi connectivity index (χ1n) is 14.4. The molecule has 1 aromatic carbocycles. The van der Waals surface area contributed by atoms with Crippen LogP contribution in [0.1, 0.15) is 61.7 Å². The van der Waals surface area contributed by atoms with Crippen LogP contribution in [0.2, 0.25) is 0 Å². The Balaban J connectivity index is 2.06. The molecule has 21 heteroatoms. The van der Waals surface area contributed by atoms with Gasteiger partial charge in [0.25, 0.3) is 0 Å². The van der Waals surface area contributed by atoms with Gasteiger partial charge in [-0.05, 0) is 52.6 Å². The van der Waals surface area contributed by atoms with Gasteiger partial charge in [-0.3, -0.25) is 0 Å². The van der Waals surface area contributed by atoms with Gasteiger partial charge in [-0.25, -0.2) is 9.97 Å². The van der Waals surface area contributed by atoms with Crippen LogP contribution in [0, 0.1) is 79.3 Å². The van der Waals surface area contributed by atoms with Gasteiger partial charge in [0.1, 0.15) is 76.4 Å². The fraction of sp³-hybridized carbons (Fsp3) is 0.114. The summed E-state index contributed by atoms with van der Waals surface area (Å²) in [6, 6.07) is 10.8. The quantitative estimate of drug-likeness (QED) is 0.180. The standard InChI is InChI=1S/C35H5F12N9/c36-32(37,38)22-1-13(2-23(55-22)33(39,40)41)26-19(10-52)30-17(28(26)15(6-48)7-49)5-18-29(16(8-50)9-51)27(20(11-53)31(18)21(30)12-54)14-3-24(34(42,43)44)56-25(4-14)35(45,46)47/h1-5H. The number of hydrogen-bond acceptors (Lipinski definition) is 9. The highest BCUT2D eigenvalue weighted by Crippen LogP contribution is 2.57. The first kappa shape index (κ1) is 39.3. The molecule has 0 amide bonds. The summed E-state index contributed by atoms with van der Waals surface area (Å²) in [6.45, 7) is 0. The summed E-state index contributed by atoms with van der Waals surface area (Å²) in [6.07, 6.45) is -22.3. The van der Waals surface area contributed by atoms with Gasteiger partial charge in [0.15, 0.2) is 0 Å². The van der Waals surface area contributed by atoms with Crippen molar-refractivity contribution in [3.8, 4) is 42.5 Å². The Kier molecular flexibility index (Phi) is 9.24. The van der Waals surface area contributed by atoms with Gasteiger partial charge in [-0.2, -0.15) is 89.5 Å². The van der Waals surface area contributed by atoms with Gasteiger partial charge in [-0.15, -0.1) is 0 Å². The highest BCUT2D eigenvalue weighted by atomic mass is 19.4. The summed E-state index contributed by atoms with van der Waals surface area (Å²) in [5, 5.41) is 70.7. The van der Waals surface area contributed by atoms with E-state index >= 15 is 0 Å². The van der Waals surface area contributed by atoms with E-state index < -0.39 is 131 Å². The average Bonchev–Trinajstić information content (AvgIpc) is 3.62. The zero-order valence-corrected chi connectivity index (χ0v) is 26.4. The van der Waals surface area contributed by atoms with Crippen molar-refractivity contribution < 1.29 is 52.7 Å². The van der Waals surface area contributed by atoms with Gasteiger partial charge in [0.2, 0.25) is 0 Å². The topological polar surface area (TPSA) is 192 Å². The lowest BCUT2D eigenvalue weighted by Gasteiger charge is -2.16. The number of halogens is 12. The Hall–Kier alpha value is -7.93. The van der Waals surface area contributed by atoms with Gasteiger partial charge >= 0.3 is 24.7 Å². The number of pyridine rings is 2. The normalized spacial score (nSPS) is 13.7. The Labute approximate surface area is 303 Å². The van der Waals surface area contributed by atoms with Crippen LogP contribution in [-0.4, -0.2) is 9.97 Å². The molecule has 2 aromatic heterocycles. The number of allylic oxidation sites excluding steroid dienone is 8. The molecule has 0 spiro atoms. The first-order valence-corrected chi connectivity index (χ1v) is 14.4. The van der Waals surface area contributed by atoms with Crippen LogP contribution in [0.25, 0.3) is 33.4 Å². The van der Waals surface area contributed by atoms with Crippen molar-refractivity contribution in [2.75, 3.05) is 0 Å². The van der Waals surface area contributed by atoms with Crippen LogP contribution in [0.3, 0.4) is 0 Å². The molecule has 0 saturated carbocycles. The molecule has 2 heterocycles. The molecular formula is C35H5F12N9. The monoisotopic (exact) mass is 779 g/mol. The van der Waals surface area contributed by atoms with E-state index in [1.807, 2.05) is 0 Å². The van der Waals surface area contributed by atoms with Crippen LogP contribution in [0.4, 0.5) is 52.7 Å². The Morgan fingerprint density at radius 2 is 0.714 bits per heavy atom. The Bertz CT molecular complexity index is 2490. The first-order chi connectivity index (χ1) is 26.0. The predicted octanol–water partition coefficient (Wildman–Crippen LogP) is 8.92. The van der Waals surface area contributed by atoms with Crippen LogP contribution in [0.5, 0.6) is 0 Å². The van der Waals surface area contributed by atoms with Crippen LogP contribution < -0.4 is 0 Å². The number of nitriles is 7. The number of hydrogen-bond donors (Lipinski definition) is 0. The molecule has 0 bridgehead atoms. The number of rotatable bonds is 2. The second-order valence-corrected chi connectivity index (χ2v) is 11.1. The van der Waals surface area contributed by atoms with Gasteiger partial charge < -0.3 is 0 Å². The van der Waals surface area contributed by atoms with Crippen molar-refractivity contribution in [1.82, 2.24) is 9.97 Å². The summed E-state index contributed by atoms with van der Waals surface area (Å²) in [7, 11) is 0. The second-order valence-electron chi connectivity index (χ2n) is 11.1. The van der Waals surface area contributed by atoms with Crippen molar-refractivity contribution in [2.24, 2.45) is 0 Å². The maximum Gasteiger partial charge on any atom is 0.433 e. The lowest BCUT2D eigenvalue weighted by molar-refractivity contribution is -0.151. The highest BCUT2D eigenvalue weighted by molar-refractivity contribution is 6.31. The molecule has 0 fully saturated rings. The number of benzene rings is 1. The minimum absolute atomic E-state index is 0.0350. The molecule has 0 saturated heterocycles. The summed E-state index contributed by atoms with van der Waals surface area (Å²) >= 11 is 0. The van der Waals surface area contributed by atoms with Crippen molar-refractivity contribution >= 4 is 33.4 Å². The minimum atomic E-state index is -5.57. The fourth-order valence-corrected chi connectivity index (χ4v) is 6.00. The van der Waals surface area contributed by atoms with Crippen molar-refractivity contribution in [3.05, 3.63) is 103 Å². The molecule has 3 aromatic rings. The van der Waals surface area contributed by atoms with Crippen molar-refractivity contribution in [3.63, 3.8) is 0 Å². The van der Waals surface area contributed by atoms with E-state index in [0.717, 1.165) is 6.07 Å². The molecule has 0 atom stereocenters. The zero-order chi connectivity index (χ0) is 41.9. The fourth-order valence-electron chi connectivity index (χ4n) is 6.00. The summed E-state index contributed by atoms with van der Waals surface area (Å²) < 4.78 is 166. The van der Waals surface area contributed by atoms with E-state index in [4.69, 9.17) is 0 Å². The molecule has 56 heavy (non-hydrogen) atoms. The zero-order valence-electron chi connectivity index (χ0n) is 26.4. The Morgan fingerprint density at radius 3 is 0.929 bits per heavy atom. The molecule has 2 aliphatic rings. The van der Waals surface area contributed by atoms with Crippen molar-refractivity contribution in [1.29, 1.82) is 36.8 Å². The summed E-state index contributed by atoms with van der Waals surface area (Å²) in [4.78, 5) is 5.16. The van der Waals surface area contributed by atoms with Crippen LogP contribution >= 0.6 is 0 Å². The maximum atomic E-state index is 13.9. The van der Waals surface area contributed by atoms with Crippen LogP contribution in [0.15, 0.2) is 41.5 Å². The molecule has 0 unspecified atom stereocenters. The van der Waals surface area contributed by atoms with Gasteiger partial charge in [0.05, 0.1) is 16.7 Å². The van der Waals surface area contributed by atoms with Crippen LogP contribution in [-0.2, 0) is 24.7 Å². The van der Waals surface area contributed by atoms with E-state index in [9.17, 15) is 89.5 Å². The Morgan fingerprint density at radius 1 is 0.429 bits per heavy atom. The number of fused-ring (bicyclic) bond motifs is 2. The smallest absolute Gasteiger partial charge is 0.239 e. The van der Waals surface area contributed by atoms with E-state index in [1.165, 1.54) is 36.4 Å². The van der Waals surface area contributed by atoms with E-state index in [0.29, 0.717) is 0 Å². The molecule has 9 nitrogen and oxygen atoms in total. The number of nitrogens with zero attached hydrogens (tertiary/aromatic N) is 9. The highest BCUT2D eigenvalue weighted by Gasteiger charge is 2.45. The molecule has 5 rings (SSSR count). The van der Waals surface area contributed by atoms with E-state index in [1.54, 1.807) is 6.07 Å². The molecule has 0 aliphatic heterocycles. The number of alkyl halides is 12. The minimum Gasteiger partial charge on any atom is -0.239 e. The third-order valence-corrected chi connectivity index (χ3v) is 8.04. The third-order valence-electron chi connectivity index (χ3n) is 8.04. The lowest BCUT2D eigenvalue weighted by atomic mass is 9.87. The molecule has 0 radical (unpaired) electrons. The summed E-state index contributed by atoms with van der Waals surface area (Å²) in [5.41, 5.74) is -22.6. The number of aromatic nitrogens is 2. The maximum absolute atomic E-state index is 13.9. The predicted molar refractivity (Wildman–Crippen MR) is 161 cm³/mol. The van der Waals surface area contributed by atoms with Gasteiger partial charge in [-0.1, -0.05) is 0 Å². The molecular weight excluding hydrogens is 774 g/mol. The lowest BCUT2D eigenvalue weighted by Crippen LogP contribution is -2.15. The average molecular weight is 779 g/mol. The van der Waals surface area contributed by atoms with Gasteiger partial charge in [0, 0.05) is 33.4 Å². The van der Waals surface area contributed by atoms with E-state index in [2.05, 4.69) is 9.97 Å². The molecule has 0 N–H and O–H groups in total. The molecule has 2 aliphatic carbocycles. The largest absolute Gasteiger partial charge is 0.433 e. The third kappa shape index (κ3) is 6.28. The van der Waals surface area contributed by atoms with Crippen molar-refractivity contribution in [2.45, 2.75) is 24.7 Å². The SMILES string of the molecule is N#CC(C#N)=C1C(c2cc(C(F)(F)F)nc(C(F)(F)F)c2)=C(C#N)c2c1cc1c(c2C#N)C(C#N)=C(c2cc(C(F)(F)F)nc(C(F)(F)F)c2)C1=C(C#N)C#N. The molecule has 274 valence electrons. The second kappa shape index (κ2) is 13.2.